The van der Waals surface area contributed by atoms with Crippen molar-refractivity contribution < 1.29 is 22.4 Å². The van der Waals surface area contributed by atoms with Crippen molar-refractivity contribution in [2.24, 2.45) is 0 Å². The van der Waals surface area contributed by atoms with Crippen LogP contribution in [-0.2, 0) is 6.54 Å². The number of rotatable bonds is 6. The minimum absolute atomic E-state index is 0.00233. The van der Waals surface area contributed by atoms with Gasteiger partial charge in [0.1, 0.15) is 17.8 Å². The number of aldehydes is 1. The molecule has 0 aliphatic carbocycles. The van der Waals surface area contributed by atoms with Gasteiger partial charge in [0.25, 0.3) is 5.89 Å². The molecule has 3 heterocycles. The van der Waals surface area contributed by atoms with Gasteiger partial charge in [-0.05, 0) is 6.07 Å². The number of pyridine rings is 1. The lowest BCUT2D eigenvalue weighted by atomic mass is 10.1. The van der Waals surface area contributed by atoms with Crippen LogP contribution in [0.5, 0.6) is 0 Å². The summed E-state index contributed by atoms with van der Waals surface area (Å²) in [5.74, 6) is -1.78. The van der Waals surface area contributed by atoms with Crippen LogP contribution in [0.1, 0.15) is 28.4 Å². The quantitative estimate of drug-likeness (QED) is 0.458. The maximum Gasteiger partial charge on any atom is 0.314 e. The summed E-state index contributed by atoms with van der Waals surface area (Å²) in [5.41, 5.74) is 1.98. The van der Waals surface area contributed by atoms with E-state index in [4.69, 9.17) is 4.42 Å². The molecule has 0 amide bonds. The molecule has 29 heavy (non-hydrogen) atoms. The Balaban J connectivity index is 1.52. The van der Waals surface area contributed by atoms with Crippen LogP contribution < -0.4 is 0 Å². The van der Waals surface area contributed by atoms with E-state index >= 15 is 0 Å². The molecule has 146 valence electrons. The van der Waals surface area contributed by atoms with Gasteiger partial charge in [-0.1, -0.05) is 29.5 Å². The highest BCUT2D eigenvalue weighted by molar-refractivity contribution is 5.76. The molecule has 0 N–H and O–H groups in total. The highest BCUT2D eigenvalue weighted by Gasteiger charge is 2.18. The summed E-state index contributed by atoms with van der Waals surface area (Å²) < 4.78 is 45.6. The molecule has 0 saturated heterocycles. The average Bonchev–Trinajstić information content (AvgIpc) is 3.40. The second kappa shape index (κ2) is 7.62. The summed E-state index contributed by atoms with van der Waals surface area (Å²) in [4.78, 5) is 14.7. The minimum Gasteiger partial charge on any atom is -0.415 e. The smallest absolute Gasteiger partial charge is 0.314 e. The van der Waals surface area contributed by atoms with Crippen LogP contribution in [0, 0.1) is 5.82 Å². The molecule has 4 aromatic rings. The number of hydrogen-bond acceptors (Lipinski definition) is 7. The third-order valence-electron chi connectivity index (χ3n) is 3.98. The van der Waals surface area contributed by atoms with Gasteiger partial charge >= 0.3 is 6.43 Å². The molecule has 1 aromatic carbocycles. The van der Waals surface area contributed by atoms with Crippen LogP contribution in [-0.4, -0.2) is 36.5 Å². The molecule has 0 radical (unpaired) electrons. The van der Waals surface area contributed by atoms with Gasteiger partial charge in [-0.15, -0.1) is 15.3 Å². The zero-order chi connectivity index (χ0) is 20.4. The number of nitrogens with zero attached hydrogens (tertiary/aromatic N) is 6. The number of carbonyl (C=O) groups is 1. The fraction of sp³-hybridized carbons (Fsp3) is 0.111. The van der Waals surface area contributed by atoms with E-state index in [-0.39, 0.29) is 23.7 Å². The first-order valence-corrected chi connectivity index (χ1v) is 8.25. The Hall–Kier alpha value is -3.89. The van der Waals surface area contributed by atoms with Crippen molar-refractivity contribution in [3.63, 3.8) is 0 Å². The van der Waals surface area contributed by atoms with Crippen LogP contribution in [0.25, 0.3) is 22.7 Å². The lowest BCUT2D eigenvalue weighted by Crippen LogP contribution is -2.05. The SMILES string of the molecule is O=Cc1ccc(-c2cn(Cc3ncc(-c4nnc(C(F)F)o4)cc3F)nn2)cc1. The van der Waals surface area contributed by atoms with Gasteiger partial charge in [-0.25, -0.2) is 9.07 Å². The van der Waals surface area contributed by atoms with Crippen LogP contribution in [0.15, 0.2) is 47.1 Å². The van der Waals surface area contributed by atoms with E-state index in [1.165, 1.54) is 10.9 Å². The van der Waals surface area contributed by atoms with Gasteiger partial charge in [0.05, 0.1) is 24.0 Å². The fourth-order valence-corrected chi connectivity index (χ4v) is 2.53. The number of halogens is 3. The van der Waals surface area contributed by atoms with Crippen molar-refractivity contribution >= 4 is 6.29 Å². The third kappa shape index (κ3) is 3.88. The molecule has 11 heteroatoms. The number of hydrogen-bond donors (Lipinski definition) is 0. The summed E-state index contributed by atoms with van der Waals surface area (Å²) in [7, 11) is 0. The van der Waals surface area contributed by atoms with Crippen molar-refractivity contribution in [2.45, 2.75) is 13.0 Å². The minimum atomic E-state index is -2.91. The molecule has 0 aliphatic heterocycles. The molecule has 0 atom stereocenters. The molecular formula is C18H11F3N6O2. The van der Waals surface area contributed by atoms with E-state index in [9.17, 15) is 18.0 Å². The maximum absolute atomic E-state index is 14.4. The second-order valence-corrected chi connectivity index (χ2v) is 5.94. The molecular weight excluding hydrogens is 389 g/mol. The number of aromatic nitrogens is 6. The van der Waals surface area contributed by atoms with Gasteiger partial charge < -0.3 is 4.42 Å². The Kier molecular flexibility index (Phi) is 4.85. The van der Waals surface area contributed by atoms with Crippen LogP contribution in [0.4, 0.5) is 13.2 Å². The first-order valence-electron chi connectivity index (χ1n) is 8.25. The third-order valence-corrected chi connectivity index (χ3v) is 3.98. The number of carbonyl (C=O) groups excluding carboxylic acids is 1. The van der Waals surface area contributed by atoms with Crippen LogP contribution in [0.3, 0.4) is 0 Å². The maximum atomic E-state index is 14.4. The fourth-order valence-electron chi connectivity index (χ4n) is 2.53. The Morgan fingerprint density at radius 3 is 2.55 bits per heavy atom. The Morgan fingerprint density at radius 1 is 1.10 bits per heavy atom. The Labute approximate surface area is 161 Å². The van der Waals surface area contributed by atoms with E-state index in [1.807, 2.05) is 0 Å². The predicted octanol–water partition coefficient (Wildman–Crippen LogP) is 3.33. The summed E-state index contributed by atoms with van der Waals surface area (Å²) in [6.45, 7) is -0.00233. The summed E-state index contributed by atoms with van der Waals surface area (Å²) in [5, 5.41) is 14.6. The van der Waals surface area contributed by atoms with Gasteiger partial charge in [0.2, 0.25) is 5.89 Å². The van der Waals surface area contributed by atoms with Gasteiger partial charge in [-0.2, -0.15) is 8.78 Å². The Morgan fingerprint density at radius 2 is 1.90 bits per heavy atom. The second-order valence-electron chi connectivity index (χ2n) is 5.94. The standard InChI is InChI=1S/C18H11F3N6O2/c19-13-5-12(17-24-25-18(29-17)16(20)21)6-22-15(13)8-27-7-14(23-26-27)11-3-1-10(9-28)2-4-11/h1-7,9,16H,8H2. The Bertz CT molecular complexity index is 1160. The van der Waals surface area contributed by atoms with E-state index in [2.05, 4.69) is 25.5 Å². The highest BCUT2D eigenvalue weighted by atomic mass is 19.3. The highest BCUT2D eigenvalue weighted by Crippen LogP contribution is 2.24. The average molecular weight is 400 g/mol. The number of benzene rings is 1. The van der Waals surface area contributed by atoms with Gasteiger partial charge in [-0.3, -0.25) is 9.78 Å². The van der Waals surface area contributed by atoms with E-state index in [0.717, 1.165) is 17.9 Å². The van der Waals surface area contributed by atoms with E-state index in [0.29, 0.717) is 11.3 Å². The largest absolute Gasteiger partial charge is 0.415 e. The van der Waals surface area contributed by atoms with Crippen LogP contribution >= 0.6 is 0 Å². The molecule has 0 unspecified atom stereocenters. The molecule has 4 rings (SSSR count). The molecule has 0 fully saturated rings. The molecule has 0 spiro atoms. The number of alkyl halides is 2. The van der Waals surface area contributed by atoms with Crippen molar-refractivity contribution in [1.29, 1.82) is 0 Å². The molecule has 0 saturated carbocycles. The summed E-state index contributed by atoms with van der Waals surface area (Å²) in [6.07, 6.45) is 0.681. The lowest BCUT2D eigenvalue weighted by molar-refractivity contribution is 0.112. The van der Waals surface area contributed by atoms with E-state index in [1.54, 1.807) is 30.5 Å². The summed E-state index contributed by atoms with van der Waals surface area (Å²) >= 11 is 0. The van der Waals surface area contributed by atoms with Crippen molar-refractivity contribution in [3.8, 4) is 22.7 Å². The van der Waals surface area contributed by atoms with Crippen molar-refractivity contribution in [3.05, 3.63) is 65.7 Å². The lowest BCUT2D eigenvalue weighted by Gasteiger charge is -2.03. The first-order chi connectivity index (χ1) is 14.0. The van der Waals surface area contributed by atoms with Crippen LogP contribution in [0.2, 0.25) is 0 Å². The van der Waals surface area contributed by atoms with E-state index < -0.39 is 18.1 Å². The molecule has 0 bridgehead atoms. The first kappa shape index (κ1) is 18.5. The summed E-state index contributed by atoms with van der Waals surface area (Å²) in [6, 6.07) is 7.82. The van der Waals surface area contributed by atoms with Crippen molar-refractivity contribution in [2.75, 3.05) is 0 Å². The molecule has 8 nitrogen and oxygen atoms in total. The molecule has 0 aliphatic rings. The molecule has 3 aromatic heterocycles. The van der Waals surface area contributed by atoms with Crippen molar-refractivity contribution in [1.82, 2.24) is 30.2 Å². The predicted molar refractivity (Wildman–Crippen MR) is 92.4 cm³/mol. The zero-order valence-electron chi connectivity index (χ0n) is 14.5. The monoisotopic (exact) mass is 400 g/mol. The normalized spacial score (nSPS) is 11.2. The van der Waals surface area contributed by atoms with Gasteiger partial charge in [0.15, 0.2) is 0 Å². The van der Waals surface area contributed by atoms with Gasteiger partial charge in [0, 0.05) is 17.3 Å². The topological polar surface area (TPSA) is 99.6 Å². The zero-order valence-corrected chi connectivity index (χ0v) is 14.5.